The van der Waals surface area contributed by atoms with Crippen molar-refractivity contribution in [1.29, 1.82) is 0 Å². The Hall–Kier alpha value is -3.72. The highest BCUT2D eigenvalue weighted by Gasteiger charge is 2.53. The van der Waals surface area contributed by atoms with E-state index < -0.39 is 11.7 Å². The van der Waals surface area contributed by atoms with Crippen LogP contribution < -0.4 is 19.5 Å². The quantitative estimate of drug-likeness (QED) is 0.456. The Morgan fingerprint density at radius 1 is 1.14 bits per heavy atom. The number of nitrogens with zero attached hydrogens (tertiary/aromatic N) is 1. The number of benzene rings is 2. The molecule has 2 aromatic carbocycles. The average molecular weight is 481 g/mol. The van der Waals surface area contributed by atoms with Gasteiger partial charge in [0.15, 0.2) is 11.5 Å². The molecule has 9 heteroatoms. The molecule has 35 heavy (non-hydrogen) atoms. The molecule has 1 aliphatic heterocycles. The van der Waals surface area contributed by atoms with Crippen LogP contribution in [0.1, 0.15) is 24.0 Å². The van der Waals surface area contributed by atoms with E-state index in [1.807, 2.05) is 37.3 Å². The Morgan fingerprint density at radius 3 is 2.71 bits per heavy atom. The van der Waals surface area contributed by atoms with Crippen LogP contribution in [0.4, 0.5) is 14.6 Å². The Bertz CT molecular complexity index is 1280. The third kappa shape index (κ3) is 4.64. The molecule has 2 heterocycles. The summed E-state index contributed by atoms with van der Waals surface area (Å²) >= 11 is 0. The van der Waals surface area contributed by atoms with E-state index in [1.54, 1.807) is 18.6 Å². The van der Waals surface area contributed by atoms with Crippen molar-refractivity contribution in [2.75, 3.05) is 18.5 Å². The zero-order valence-corrected chi connectivity index (χ0v) is 18.9. The van der Waals surface area contributed by atoms with Crippen molar-refractivity contribution < 1.29 is 32.9 Å². The summed E-state index contributed by atoms with van der Waals surface area (Å²) in [5, 5.41) is 11.8. The number of alkyl halides is 2. The van der Waals surface area contributed by atoms with E-state index in [1.165, 1.54) is 12.1 Å². The first kappa shape index (κ1) is 23.0. The highest BCUT2D eigenvalue weighted by molar-refractivity contribution is 6.01. The molecule has 1 aromatic heterocycles. The Balaban J connectivity index is 1.35. The number of aryl methyl sites for hydroxylation is 1. The van der Waals surface area contributed by atoms with E-state index in [9.17, 15) is 13.6 Å². The first-order chi connectivity index (χ1) is 16.8. The fourth-order valence-corrected chi connectivity index (χ4v) is 4.09. The smallest absolute Gasteiger partial charge is 0.493 e. The van der Waals surface area contributed by atoms with Crippen molar-refractivity contribution in [3.63, 3.8) is 0 Å². The number of pyridine rings is 1. The number of halogens is 2. The number of rotatable bonds is 8. The Kier molecular flexibility index (Phi) is 5.80. The predicted octanol–water partition coefficient (Wildman–Crippen LogP) is 4.62. The van der Waals surface area contributed by atoms with Crippen LogP contribution in [0.2, 0.25) is 0 Å². The number of hydrogen-bond acceptors (Lipinski definition) is 6. The van der Waals surface area contributed by atoms with Crippen LogP contribution in [-0.2, 0) is 10.2 Å². The second-order valence-corrected chi connectivity index (χ2v) is 8.54. The van der Waals surface area contributed by atoms with Gasteiger partial charge in [-0.25, -0.2) is 4.98 Å². The number of nitrogens with one attached hydrogen (secondary N) is 1. The second kappa shape index (κ2) is 8.81. The number of ether oxygens (including phenoxy) is 3. The molecule has 1 amide bonds. The summed E-state index contributed by atoms with van der Waals surface area (Å²) in [6.07, 6.45) is -0.941. The molecule has 0 saturated heterocycles. The standard InChI is InChI=1S/C26H23F2N2O5/c1-16-6-9-22(29-23(16)17-4-2-5-19(14-17)33-13-3-12-31)30-24(32)25(10-11-25)18-7-8-20-21(15-18)35-26(27,28)34-20/h2-9,14-15,31H,10-13H2,1H3,(H,29,30,32). The first-order valence-electron chi connectivity index (χ1n) is 11.1. The summed E-state index contributed by atoms with van der Waals surface area (Å²) in [6, 6.07) is 15.4. The van der Waals surface area contributed by atoms with Crippen molar-refractivity contribution in [1.82, 2.24) is 4.98 Å². The van der Waals surface area contributed by atoms with Crippen molar-refractivity contribution in [3.8, 4) is 28.5 Å². The van der Waals surface area contributed by atoms with Crippen molar-refractivity contribution >= 4 is 11.7 Å². The molecule has 0 bridgehead atoms. The second-order valence-electron chi connectivity index (χ2n) is 8.54. The van der Waals surface area contributed by atoms with Gasteiger partial charge in [0, 0.05) is 18.6 Å². The molecule has 3 aromatic rings. The van der Waals surface area contributed by atoms with Gasteiger partial charge in [0.25, 0.3) is 0 Å². The summed E-state index contributed by atoms with van der Waals surface area (Å²) in [7, 11) is 0. The molecule has 2 N–H and O–H groups in total. The lowest BCUT2D eigenvalue weighted by Gasteiger charge is -2.17. The van der Waals surface area contributed by atoms with Crippen LogP contribution in [0, 0.1) is 13.3 Å². The minimum absolute atomic E-state index is 0.0553. The van der Waals surface area contributed by atoms with Gasteiger partial charge in [-0.2, -0.15) is 0 Å². The van der Waals surface area contributed by atoms with Gasteiger partial charge in [0.2, 0.25) is 5.91 Å². The highest BCUT2D eigenvalue weighted by Crippen LogP contribution is 2.52. The van der Waals surface area contributed by atoms with Crippen molar-refractivity contribution in [2.45, 2.75) is 31.5 Å². The van der Waals surface area contributed by atoms with Crippen molar-refractivity contribution in [2.24, 2.45) is 0 Å². The molecule has 1 fully saturated rings. The lowest BCUT2D eigenvalue weighted by atomic mass is 9.94. The molecule has 1 radical (unpaired) electrons. The zero-order chi connectivity index (χ0) is 24.6. The number of anilines is 1. The summed E-state index contributed by atoms with van der Waals surface area (Å²) < 4.78 is 41.4. The first-order valence-corrected chi connectivity index (χ1v) is 11.1. The van der Waals surface area contributed by atoms with Crippen LogP contribution in [-0.4, -0.2) is 35.5 Å². The molecule has 5 rings (SSSR count). The number of carbonyl (C=O) groups excluding carboxylic acids is 1. The van der Waals surface area contributed by atoms with Crippen LogP contribution in [0.3, 0.4) is 0 Å². The number of aliphatic hydroxyl groups is 1. The molecule has 0 unspecified atom stereocenters. The lowest BCUT2D eigenvalue weighted by Crippen LogP contribution is -2.28. The maximum absolute atomic E-state index is 13.4. The van der Waals surface area contributed by atoms with Crippen LogP contribution in [0.5, 0.6) is 17.2 Å². The summed E-state index contributed by atoms with van der Waals surface area (Å²) in [6.45, 7) is 2.14. The Morgan fingerprint density at radius 2 is 1.94 bits per heavy atom. The molecular weight excluding hydrogens is 458 g/mol. The van der Waals surface area contributed by atoms with Crippen LogP contribution >= 0.6 is 0 Å². The fourth-order valence-electron chi connectivity index (χ4n) is 4.09. The van der Waals surface area contributed by atoms with E-state index in [-0.39, 0.29) is 30.6 Å². The largest absolute Gasteiger partial charge is 0.586 e. The maximum Gasteiger partial charge on any atom is 0.586 e. The zero-order valence-electron chi connectivity index (χ0n) is 18.9. The molecular formula is C26H23F2N2O5. The van der Waals surface area contributed by atoms with E-state index in [2.05, 4.69) is 19.8 Å². The fraction of sp³-hybridized carbons (Fsp3) is 0.269. The van der Waals surface area contributed by atoms with Gasteiger partial charge >= 0.3 is 6.29 Å². The van der Waals surface area contributed by atoms with E-state index in [0.717, 1.165) is 11.1 Å². The van der Waals surface area contributed by atoms with Gasteiger partial charge in [-0.15, -0.1) is 8.78 Å². The number of aromatic nitrogens is 1. The molecule has 181 valence electrons. The number of aliphatic hydroxyl groups excluding tert-OH is 1. The SMILES string of the molecule is Cc1ccc(NC(=O)C2(c3ccc4c(c3)OC(F)(F)O4)CC2)nc1-c1cccc(OC[CH]CO)c1. The van der Waals surface area contributed by atoms with E-state index in [0.29, 0.717) is 35.7 Å². The average Bonchev–Trinajstić information content (AvgIpc) is 3.58. The predicted molar refractivity (Wildman–Crippen MR) is 123 cm³/mol. The summed E-state index contributed by atoms with van der Waals surface area (Å²) in [5.41, 5.74) is 2.18. The number of amides is 1. The van der Waals surface area contributed by atoms with Crippen LogP contribution in [0.15, 0.2) is 54.6 Å². The van der Waals surface area contributed by atoms with Gasteiger partial charge in [-0.3, -0.25) is 4.79 Å². The Labute approximate surface area is 200 Å². The number of hydrogen-bond donors (Lipinski definition) is 2. The van der Waals surface area contributed by atoms with Gasteiger partial charge in [0.05, 0.1) is 17.7 Å². The van der Waals surface area contributed by atoms with Gasteiger partial charge in [0.1, 0.15) is 11.6 Å². The minimum atomic E-state index is -3.71. The van der Waals surface area contributed by atoms with Crippen LogP contribution in [0.25, 0.3) is 11.3 Å². The third-order valence-corrected chi connectivity index (χ3v) is 6.08. The number of carbonyl (C=O) groups is 1. The molecule has 0 spiro atoms. The molecule has 1 saturated carbocycles. The molecule has 1 aliphatic carbocycles. The molecule has 2 aliphatic rings. The van der Waals surface area contributed by atoms with Crippen molar-refractivity contribution in [3.05, 3.63) is 72.1 Å². The van der Waals surface area contributed by atoms with Gasteiger partial charge in [-0.05, 0) is 61.2 Å². The van der Waals surface area contributed by atoms with E-state index in [4.69, 9.17) is 9.84 Å². The van der Waals surface area contributed by atoms with E-state index >= 15 is 0 Å². The lowest BCUT2D eigenvalue weighted by molar-refractivity contribution is -0.286. The highest BCUT2D eigenvalue weighted by atomic mass is 19.3. The monoisotopic (exact) mass is 481 g/mol. The topological polar surface area (TPSA) is 89.9 Å². The summed E-state index contributed by atoms with van der Waals surface area (Å²) in [4.78, 5) is 17.9. The minimum Gasteiger partial charge on any atom is -0.493 e. The molecule has 7 nitrogen and oxygen atoms in total. The van der Waals surface area contributed by atoms with Gasteiger partial charge < -0.3 is 24.6 Å². The van der Waals surface area contributed by atoms with Gasteiger partial charge in [-0.1, -0.05) is 24.3 Å². The molecule has 0 atom stereocenters. The summed E-state index contributed by atoms with van der Waals surface area (Å²) in [5.74, 6) is 0.616. The third-order valence-electron chi connectivity index (χ3n) is 6.08. The number of fused-ring (bicyclic) bond motifs is 1. The maximum atomic E-state index is 13.4. The normalized spacial score (nSPS) is 16.6.